The predicted octanol–water partition coefficient (Wildman–Crippen LogP) is 1.78. The van der Waals surface area contributed by atoms with Gasteiger partial charge in [-0.25, -0.2) is 0 Å². The summed E-state index contributed by atoms with van der Waals surface area (Å²) in [5, 5.41) is 0. The number of aldehydes is 1. The lowest BCUT2D eigenvalue weighted by atomic mass is 10.1. The summed E-state index contributed by atoms with van der Waals surface area (Å²) < 4.78 is 31.7. The van der Waals surface area contributed by atoms with Crippen LogP contribution >= 0.6 is 0 Å². The van der Waals surface area contributed by atoms with E-state index in [1.54, 1.807) is 7.11 Å². The number of carbonyl (C=O) groups excluding carboxylic acids is 1. The molecule has 0 heterocycles. The average molecular weight is 342 g/mol. The van der Waals surface area contributed by atoms with Gasteiger partial charge in [0.1, 0.15) is 31.7 Å². The Morgan fingerprint density at radius 3 is 2.12 bits per heavy atom. The van der Waals surface area contributed by atoms with Crippen LogP contribution in [0.1, 0.15) is 12.0 Å². The van der Waals surface area contributed by atoms with Crippen LogP contribution in [0.2, 0.25) is 0 Å². The van der Waals surface area contributed by atoms with Crippen molar-refractivity contribution >= 4 is 6.29 Å². The Bertz CT molecular complexity index is 435. The molecule has 0 N–H and O–H groups in total. The highest BCUT2D eigenvalue weighted by Gasteiger charge is 2.23. The van der Waals surface area contributed by atoms with E-state index in [4.69, 9.17) is 28.4 Å². The minimum absolute atomic E-state index is 0.0732. The van der Waals surface area contributed by atoms with Gasteiger partial charge in [0.15, 0.2) is 0 Å². The van der Waals surface area contributed by atoms with Crippen molar-refractivity contribution in [1.29, 1.82) is 0 Å². The molecule has 1 rings (SSSR count). The summed E-state index contributed by atoms with van der Waals surface area (Å²) in [5.41, 5.74) is 1.01. The number of benzene rings is 1. The van der Waals surface area contributed by atoms with Gasteiger partial charge in [-0.05, 0) is 17.7 Å². The van der Waals surface area contributed by atoms with Crippen molar-refractivity contribution in [2.24, 2.45) is 0 Å². The standard InChI is InChI=1S/C17H26O7/c1-19-12-23-16(8-9-18)17(24-13-20-2)11-22-10-14-4-6-15(21-3)7-5-14/h4-7,9,16-17H,8,10-13H2,1-3H3/t16-,17-/m1/s1. The van der Waals surface area contributed by atoms with Crippen molar-refractivity contribution < 1.29 is 33.2 Å². The second-order valence-electron chi connectivity index (χ2n) is 4.99. The zero-order chi connectivity index (χ0) is 17.6. The highest BCUT2D eigenvalue weighted by atomic mass is 16.7. The molecule has 0 radical (unpaired) electrons. The Hall–Kier alpha value is -1.51. The van der Waals surface area contributed by atoms with Crippen molar-refractivity contribution in [3.05, 3.63) is 29.8 Å². The van der Waals surface area contributed by atoms with Gasteiger partial charge in [-0.3, -0.25) is 0 Å². The molecule has 0 saturated carbocycles. The van der Waals surface area contributed by atoms with Crippen LogP contribution in [-0.2, 0) is 35.1 Å². The molecule has 136 valence electrons. The fraction of sp³-hybridized carbons (Fsp3) is 0.588. The van der Waals surface area contributed by atoms with Crippen LogP contribution in [0.25, 0.3) is 0 Å². The van der Waals surface area contributed by atoms with Crippen LogP contribution in [0.15, 0.2) is 24.3 Å². The maximum absolute atomic E-state index is 10.9. The van der Waals surface area contributed by atoms with Crippen molar-refractivity contribution in [2.45, 2.75) is 25.2 Å². The first-order valence-corrected chi connectivity index (χ1v) is 7.60. The van der Waals surface area contributed by atoms with Gasteiger partial charge in [-0.1, -0.05) is 12.1 Å². The third-order valence-electron chi connectivity index (χ3n) is 3.25. The van der Waals surface area contributed by atoms with Crippen molar-refractivity contribution in [1.82, 2.24) is 0 Å². The molecule has 7 heteroatoms. The molecule has 7 nitrogen and oxygen atoms in total. The van der Waals surface area contributed by atoms with E-state index in [1.807, 2.05) is 24.3 Å². The first-order valence-electron chi connectivity index (χ1n) is 7.60. The molecule has 0 aliphatic heterocycles. The molecule has 0 saturated heterocycles. The molecule has 0 aliphatic carbocycles. The molecule has 0 amide bonds. The number of methoxy groups -OCH3 is 3. The van der Waals surface area contributed by atoms with E-state index >= 15 is 0 Å². The number of hydrogen-bond donors (Lipinski definition) is 0. The average Bonchev–Trinajstić information content (AvgIpc) is 2.62. The number of rotatable bonds is 14. The summed E-state index contributed by atoms with van der Waals surface area (Å²) >= 11 is 0. The Balaban J connectivity index is 2.54. The van der Waals surface area contributed by atoms with E-state index in [-0.39, 0.29) is 26.6 Å². The van der Waals surface area contributed by atoms with E-state index in [0.29, 0.717) is 6.61 Å². The normalized spacial score (nSPS) is 13.5. The zero-order valence-corrected chi connectivity index (χ0v) is 14.4. The topological polar surface area (TPSA) is 72.5 Å². The Kier molecular flexibility index (Phi) is 11.0. The van der Waals surface area contributed by atoms with Gasteiger partial charge in [-0.2, -0.15) is 0 Å². The number of ether oxygens (including phenoxy) is 6. The molecule has 2 atom stereocenters. The van der Waals surface area contributed by atoms with E-state index < -0.39 is 12.2 Å². The molecule has 1 aromatic carbocycles. The minimum Gasteiger partial charge on any atom is -0.497 e. The lowest BCUT2D eigenvalue weighted by Crippen LogP contribution is -2.37. The summed E-state index contributed by atoms with van der Waals surface area (Å²) in [6.07, 6.45) is 0.0633. The fourth-order valence-corrected chi connectivity index (χ4v) is 2.01. The molecule has 1 aromatic rings. The van der Waals surface area contributed by atoms with Crippen LogP contribution in [0, 0.1) is 0 Å². The molecule has 0 spiro atoms. The summed E-state index contributed by atoms with van der Waals surface area (Å²) in [4.78, 5) is 10.9. The minimum atomic E-state index is -0.464. The lowest BCUT2D eigenvalue weighted by molar-refractivity contribution is -0.175. The highest BCUT2D eigenvalue weighted by Crippen LogP contribution is 2.14. The smallest absolute Gasteiger partial charge is 0.146 e. The largest absolute Gasteiger partial charge is 0.497 e. The van der Waals surface area contributed by atoms with Gasteiger partial charge in [0.05, 0.1) is 26.4 Å². The summed E-state index contributed by atoms with van der Waals surface area (Å²) in [6.45, 7) is 0.832. The van der Waals surface area contributed by atoms with Gasteiger partial charge >= 0.3 is 0 Å². The van der Waals surface area contributed by atoms with Gasteiger partial charge in [0.25, 0.3) is 0 Å². The van der Waals surface area contributed by atoms with E-state index in [2.05, 4.69) is 0 Å². The van der Waals surface area contributed by atoms with Crippen molar-refractivity contribution in [2.75, 3.05) is 41.5 Å². The SMILES string of the molecule is COCO[C@H](CC=O)[C@@H](COCc1ccc(OC)cc1)OCOC. The lowest BCUT2D eigenvalue weighted by Gasteiger charge is -2.25. The van der Waals surface area contributed by atoms with Gasteiger partial charge in [0.2, 0.25) is 0 Å². The molecule has 24 heavy (non-hydrogen) atoms. The molecule has 0 bridgehead atoms. The van der Waals surface area contributed by atoms with Crippen LogP contribution in [-0.4, -0.2) is 60.0 Å². The zero-order valence-electron chi connectivity index (χ0n) is 14.4. The first-order chi connectivity index (χ1) is 11.7. The first kappa shape index (κ1) is 20.5. The number of hydrogen-bond acceptors (Lipinski definition) is 7. The monoisotopic (exact) mass is 342 g/mol. The molecular weight excluding hydrogens is 316 g/mol. The number of carbonyl (C=O) groups is 1. The highest BCUT2D eigenvalue weighted by molar-refractivity contribution is 5.50. The maximum atomic E-state index is 10.9. The Labute approximate surface area is 142 Å². The van der Waals surface area contributed by atoms with Crippen molar-refractivity contribution in [3.8, 4) is 5.75 Å². The second kappa shape index (κ2) is 12.9. The molecule has 0 unspecified atom stereocenters. The van der Waals surface area contributed by atoms with Crippen LogP contribution in [0.3, 0.4) is 0 Å². The second-order valence-corrected chi connectivity index (χ2v) is 4.99. The van der Waals surface area contributed by atoms with Gasteiger partial charge in [-0.15, -0.1) is 0 Å². The van der Waals surface area contributed by atoms with E-state index in [0.717, 1.165) is 17.6 Å². The summed E-state index contributed by atoms with van der Waals surface area (Å²) in [7, 11) is 4.67. The van der Waals surface area contributed by atoms with E-state index in [9.17, 15) is 4.79 Å². The molecular formula is C17H26O7. The molecule has 0 aromatic heterocycles. The fourth-order valence-electron chi connectivity index (χ4n) is 2.01. The van der Waals surface area contributed by atoms with Crippen molar-refractivity contribution in [3.63, 3.8) is 0 Å². The quantitative estimate of drug-likeness (QED) is 0.377. The summed E-state index contributed by atoms with van der Waals surface area (Å²) in [6, 6.07) is 7.59. The molecule has 0 aliphatic rings. The third kappa shape index (κ3) is 7.85. The van der Waals surface area contributed by atoms with E-state index in [1.165, 1.54) is 14.2 Å². The van der Waals surface area contributed by atoms with Crippen LogP contribution < -0.4 is 4.74 Å². The predicted molar refractivity (Wildman–Crippen MR) is 86.8 cm³/mol. The van der Waals surface area contributed by atoms with Gasteiger partial charge < -0.3 is 33.2 Å². The molecule has 0 fully saturated rings. The summed E-state index contributed by atoms with van der Waals surface area (Å²) in [5.74, 6) is 0.791. The Morgan fingerprint density at radius 1 is 0.958 bits per heavy atom. The third-order valence-corrected chi connectivity index (χ3v) is 3.25. The van der Waals surface area contributed by atoms with Gasteiger partial charge in [0, 0.05) is 20.6 Å². The van der Waals surface area contributed by atoms with Crippen LogP contribution in [0.5, 0.6) is 5.75 Å². The Morgan fingerprint density at radius 2 is 1.58 bits per heavy atom. The van der Waals surface area contributed by atoms with Crippen LogP contribution in [0.4, 0.5) is 0 Å². The maximum Gasteiger partial charge on any atom is 0.146 e.